The highest BCUT2D eigenvalue weighted by atomic mass is 16.7. The van der Waals surface area contributed by atoms with Crippen LogP contribution in [0.1, 0.15) is 25.8 Å². The molecule has 2 aromatic rings. The molecule has 0 saturated heterocycles. The Morgan fingerprint density at radius 1 is 0.889 bits per heavy atom. The quantitative estimate of drug-likeness (QED) is 0.578. The lowest BCUT2D eigenvalue weighted by molar-refractivity contribution is -0.187. The third kappa shape index (κ3) is 3.69. The molecule has 0 unspecified atom stereocenters. The second-order valence-corrected chi connectivity index (χ2v) is 6.02. The molecule has 6 heteroatoms. The summed E-state index contributed by atoms with van der Waals surface area (Å²) in [5.41, 5.74) is 1.54. The average molecular weight is 367 g/mol. The Morgan fingerprint density at radius 3 is 1.96 bits per heavy atom. The molecule has 27 heavy (non-hydrogen) atoms. The second-order valence-electron chi connectivity index (χ2n) is 6.02. The molecule has 0 amide bonds. The van der Waals surface area contributed by atoms with Crippen molar-refractivity contribution in [3.63, 3.8) is 0 Å². The number of carbonyl (C=O) groups is 2. The van der Waals surface area contributed by atoms with E-state index in [2.05, 4.69) is 5.16 Å². The minimum atomic E-state index is -1.88. The number of esters is 2. The molecule has 2 aromatic carbocycles. The molecule has 0 aliphatic carbocycles. The first kappa shape index (κ1) is 18.6. The molecule has 1 aliphatic rings. The van der Waals surface area contributed by atoms with Gasteiger partial charge in [-0.2, -0.15) is 0 Å². The topological polar surface area (TPSA) is 74.2 Å². The van der Waals surface area contributed by atoms with Crippen LogP contribution in [0, 0.1) is 0 Å². The van der Waals surface area contributed by atoms with Crippen LogP contribution >= 0.6 is 0 Å². The number of oxime groups is 1. The highest BCUT2D eigenvalue weighted by molar-refractivity contribution is 6.13. The van der Waals surface area contributed by atoms with Crippen molar-refractivity contribution < 1.29 is 23.9 Å². The molecular formula is C21H21NO5. The van der Waals surface area contributed by atoms with E-state index in [0.29, 0.717) is 5.71 Å². The molecule has 0 spiro atoms. The fourth-order valence-corrected chi connectivity index (χ4v) is 2.87. The zero-order valence-corrected chi connectivity index (χ0v) is 15.3. The fourth-order valence-electron chi connectivity index (χ4n) is 2.87. The van der Waals surface area contributed by atoms with E-state index in [-0.39, 0.29) is 19.6 Å². The van der Waals surface area contributed by atoms with E-state index in [1.165, 1.54) is 0 Å². The van der Waals surface area contributed by atoms with Crippen LogP contribution in [0.3, 0.4) is 0 Å². The number of nitrogens with zero attached hydrogens (tertiary/aromatic N) is 1. The lowest BCUT2D eigenvalue weighted by Crippen LogP contribution is -2.49. The van der Waals surface area contributed by atoms with Gasteiger partial charge in [-0.15, -0.1) is 0 Å². The number of hydrogen-bond acceptors (Lipinski definition) is 6. The van der Waals surface area contributed by atoms with Crippen molar-refractivity contribution in [2.75, 3.05) is 13.2 Å². The highest BCUT2D eigenvalue weighted by Gasteiger charge is 2.56. The van der Waals surface area contributed by atoms with Crippen molar-refractivity contribution in [1.82, 2.24) is 0 Å². The maximum absolute atomic E-state index is 12.4. The van der Waals surface area contributed by atoms with E-state index in [0.717, 1.165) is 16.7 Å². The minimum absolute atomic E-state index is 0.0324. The summed E-state index contributed by atoms with van der Waals surface area (Å²) in [5.74, 6) is -1.58. The van der Waals surface area contributed by atoms with Crippen LogP contribution < -0.4 is 0 Å². The van der Waals surface area contributed by atoms with Crippen LogP contribution in [0.5, 0.6) is 0 Å². The van der Waals surface area contributed by atoms with Gasteiger partial charge < -0.3 is 14.3 Å². The fraction of sp³-hybridized carbons (Fsp3) is 0.286. The van der Waals surface area contributed by atoms with Crippen LogP contribution in [0.15, 0.2) is 59.8 Å². The van der Waals surface area contributed by atoms with Gasteiger partial charge >= 0.3 is 17.5 Å². The molecule has 3 rings (SSSR count). The van der Waals surface area contributed by atoms with Gasteiger partial charge in [0, 0.05) is 0 Å². The van der Waals surface area contributed by atoms with Crippen LogP contribution in [-0.4, -0.2) is 36.5 Å². The first-order valence-electron chi connectivity index (χ1n) is 8.86. The Hall–Kier alpha value is -3.15. The zero-order chi connectivity index (χ0) is 19.3. The van der Waals surface area contributed by atoms with E-state index < -0.39 is 17.5 Å². The molecule has 0 bridgehead atoms. The van der Waals surface area contributed by atoms with E-state index in [1.54, 1.807) is 13.8 Å². The standard InChI is InChI=1S/C21H21NO5/c1-3-25-19(23)21(20(24)26-4-2)14-18(22-27-21)17-12-10-16(11-13-17)15-8-6-5-7-9-15/h5-13H,3-4,14H2,1-2H3. The number of ether oxygens (including phenoxy) is 2. The van der Waals surface area contributed by atoms with Gasteiger partial charge in [-0.3, -0.25) is 0 Å². The predicted molar refractivity (Wildman–Crippen MR) is 100 cm³/mol. The van der Waals surface area contributed by atoms with Gasteiger partial charge in [-0.1, -0.05) is 59.8 Å². The van der Waals surface area contributed by atoms with Gasteiger partial charge in [-0.05, 0) is 30.5 Å². The predicted octanol–water partition coefficient (Wildman–Crippen LogP) is 3.34. The summed E-state index contributed by atoms with van der Waals surface area (Å²) in [4.78, 5) is 30.0. The van der Waals surface area contributed by atoms with E-state index in [4.69, 9.17) is 14.3 Å². The van der Waals surface area contributed by atoms with Gasteiger partial charge in [0.25, 0.3) is 0 Å². The number of hydrogen-bond donors (Lipinski definition) is 0. The van der Waals surface area contributed by atoms with E-state index in [9.17, 15) is 9.59 Å². The third-order valence-electron chi connectivity index (χ3n) is 4.26. The SMILES string of the molecule is CCOC(=O)C1(C(=O)OCC)CC(c2ccc(-c3ccccc3)cc2)=NO1. The van der Waals surface area contributed by atoms with Gasteiger partial charge in [0.05, 0.1) is 25.3 Å². The Morgan fingerprint density at radius 2 is 1.41 bits per heavy atom. The Labute approximate surface area is 157 Å². The Bertz CT molecular complexity index is 825. The van der Waals surface area contributed by atoms with Crippen molar-refractivity contribution in [3.05, 3.63) is 60.2 Å². The highest BCUT2D eigenvalue weighted by Crippen LogP contribution is 2.31. The van der Waals surface area contributed by atoms with Crippen molar-refractivity contribution in [2.45, 2.75) is 25.9 Å². The van der Waals surface area contributed by atoms with Gasteiger partial charge in [0.2, 0.25) is 0 Å². The molecule has 1 heterocycles. The van der Waals surface area contributed by atoms with Crippen molar-refractivity contribution in [3.8, 4) is 11.1 Å². The monoisotopic (exact) mass is 367 g/mol. The maximum atomic E-state index is 12.4. The van der Waals surface area contributed by atoms with Crippen LogP contribution in [-0.2, 0) is 23.9 Å². The Kier molecular flexibility index (Phi) is 5.54. The molecule has 0 atom stereocenters. The molecule has 1 aliphatic heterocycles. The summed E-state index contributed by atoms with van der Waals surface area (Å²) in [7, 11) is 0. The van der Waals surface area contributed by atoms with Crippen molar-refractivity contribution in [2.24, 2.45) is 5.16 Å². The average Bonchev–Trinajstić information content (AvgIpc) is 3.16. The minimum Gasteiger partial charge on any atom is -0.462 e. The normalized spacial score (nSPS) is 14.8. The van der Waals surface area contributed by atoms with Crippen LogP contribution in [0.4, 0.5) is 0 Å². The van der Waals surface area contributed by atoms with Crippen molar-refractivity contribution >= 4 is 17.7 Å². The second kappa shape index (κ2) is 8.03. The van der Waals surface area contributed by atoms with Crippen molar-refractivity contribution in [1.29, 1.82) is 0 Å². The molecule has 0 saturated carbocycles. The van der Waals surface area contributed by atoms with Gasteiger partial charge in [-0.25, -0.2) is 9.59 Å². The maximum Gasteiger partial charge on any atom is 0.365 e. The number of benzene rings is 2. The molecule has 140 valence electrons. The largest absolute Gasteiger partial charge is 0.462 e. The first-order chi connectivity index (χ1) is 13.1. The zero-order valence-electron chi connectivity index (χ0n) is 15.3. The molecule has 0 aromatic heterocycles. The number of carbonyl (C=O) groups excluding carboxylic acids is 2. The third-order valence-corrected chi connectivity index (χ3v) is 4.26. The summed E-state index contributed by atoms with van der Waals surface area (Å²) in [5, 5.41) is 3.98. The lowest BCUT2D eigenvalue weighted by atomic mass is 9.93. The van der Waals surface area contributed by atoms with E-state index in [1.807, 2.05) is 54.6 Å². The van der Waals surface area contributed by atoms with Crippen LogP contribution in [0.25, 0.3) is 11.1 Å². The molecule has 6 nitrogen and oxygen atoms in total. The summed E-state index contributed by atoms with van der Waals surface area (Å²) >= 11 is 0. The summed E-state index contributed by atoms with van der Waals surface area (Å²) in [6.07, 6.45) is -0.0324. The summed E-state index contributed by atoms with van der Waals surface area (Å²) < 4.78 is 10.0. The summed E-state index contributed by atoms with van der Waals surface area (Å²) in [6, 6.07) is 17.7. The van der Waals surface area contributed by atoms with Crippen LogP contribution in [0.2, 0.25) is 0 Å². The van der Waals surface area contributed by atoms with E-state index >= 15 is 0 Å². The first-order valence-corrected chi connectivity index (χ1v) is 8.86. The summed E-state index contributed by atoms with van der Waals surface area (Å²) in [6.45, 7) is 3.58. The Balaban J connectivity index is 1.82. The smallest absolute Gasteiger partial charge is 0.365 e. The molecule has 0 radical (unpaired) electrons. The molecule has 0 N–H and O–H groups in total. The lowest BCUT2D eigenvalue weighted by Gasteiger charge is -2.21. The van der Waals surface area contributed by atoms with Gasteiger partial charge in [0.15, 0.2) is 0 Å². The number of rotatable bonds is 6. The molecule has 0 fully saturated rings. The van der Waals surface area contributed by atoms with Gasteiger partial charge in [0.1, 0.15) is 0 Å². The molecular weight excluding hydrogens is 346 g/mol.